The van der Waals surface area contributed by atoms with Gasteiger partial charge in [-0.25, -0.2) is 0 Å². The molecule has 5 heteroatoms. The van der Waals surface area contributed by atoms with E-state index in [1.54, 1.807) is 26.0 Å². The van der Waals surface area contributed by atoms with E-state index in [-0.39, 0.29) is 6.61 Å². The number of nitrogens with zero attached hydrogens (tertiary/aromatic N) is 2. The lowest BCUT2D eigenvalue weighted by Crippen LogP contribution is -2.15. The number of aromatic nitrogens is 1. The molecule has 16 heavy (non-hydrogen) atoms. The zero-order valence-electron chi connectivity index (χ0n) is 9.03. The van der Waals surface area contributed by atoms with Gasteiger partial charge < -0.3 is 4.74 Å². The molecule has 0 aliphatic rings. The molecule has 0 aliphatic heterocycles. The molecule has 0 radical (unpaired) electrons. The minimum Gasteiger partial charge on any atom is -0.465 e. The SMILES string of the molecule is CCOC(=O)C(C#N)c1ccc(Br)c(C)n1. The fourth-order valence-corrected chi connectivity index (χ4v) is 1.41. The first kappa shape index (κ1) is 12.7. The Kier molecular flexibility index (Phi) is 4.44. The van der Waals surface area contributed by atoms with Crippen LogP contribution in [0.25, 0.3) is 0 Å². The minimum absolute atomic E-state index is 0.256. The molecule has 1 atom stereocenters. The highest BCUT2D eigenvalue weighted by molar-refractivity contribution is 9.10. The number of esters is 1. The number of halogens is 1. The van der Waals surface area contributed by atoms with Gasteiger partial charge in [-0.1, -0.05) is 0 Å². The quantitative estimate of drug-likeness (QED) is 0.799. The fraction of sp³-hybridized carbons (Fsp3) is 0.364. The Labute approximate surface area is 102 Å². The van der Waals surface area contributed by atoms with E-state index in [9.17, 15) is 4.79 Å². The van der Waals surface area contributed by atoms with Crippen molar-refractivity contribution in [2.75, 3.05) is 6.61 Å². The third-order valence-electron chi connectivity index (χ3n) is 1.99. The molecule has 4 nitrogen and oxygen atoms in total. The van der Waals surface area contributed by atoms with Gasteiger partial charge in [0.05, 0.1) is 24.1 Å². The maximum atomic E-state index is 11.5. The summed E-state index contributed by atoms with van der Waals surface area (Å²) in [4.78, 5) is 15.7. The van der Waals surface area contributed by atoms with E-state index in [0.717, 1.165) is 10.2 Å². The number of ether oxygens (including phenoxy) is 1. The van der Waals surface area contributed by atoms with Crippen molar-refractivity contribution in [1.82, 2.24) is 4.98 Å². The molecule has 1 rings (SSSR count). The van der Waals surface area contributed by atoms with Crippen LogP contribution < -0.4 is 0 Å². The van der Waals surface area contributed by atoms with Crippen molar-refractivity contribution >= 4 is 21.9 Å². The van der Waals surface area contributed by atoms with Crippen LogP contribution in [0.4, 0.5) is 0 Å². The first-order valence-electron chi connectivity index (χ1n) is 4.79. The smallest absolute Gasteiger partial charge is 0.329 e. The van der Waals surface area contributed by atoms with Crippen molar-refractivity contribution in [3.63, 3.8) is 0 Å². The first-order chi connectivity index (χ1) is 7.60. The van der Waals surface area contributed by atoms with Crippen LogP contribution in [0.15, 0.2) is 16.6 Å². The van der Waals surface area contributed by atoms with Crippen LogP contribution in [0.1, 0.15) is 24.2 Å². The van der Waals surface area contributed by atoms with Gasteiger partial charge in [-0.3, -0.25) is 9.78 Å². The number of nitriles is 1. The lowest BCUT2D eigenvalue weighted by molar-refractivity contribution is -0.143. The number of hydrogen-bond donors (Lipinski definition) is 0. The Hall–Kier alpha value is -1.41. The van der Waals surface area contributed by atoms with Crippen LogP contribution in [-0.2, 0) is 9.53 Å². The highest BCUT2D eigenvalue weighted by atomic mass is 79.9. The summed E-state index contributed by atoms with van der Waals surface area (Å²) in [6, 6.07) is 5.30. The maximum absolute atomic E-state index is 11.5. The molecule has 1 unspecified atom stereocenters. The maximum Gasteiger partial charge on any atom is 0.329 e. The van der Waals surface area contributed by atoms with Crippen molar-refractivity contribution in [2.24, 2.45) is 0 Å². The number of carbonyl (C=O) groups excluding carboxylic acids is 1. The Bertz CT molecular complexity index is 440. The van der Waals surface area contributed by atoms with Crippen molar-refractivity contribution in [3.8, 4) is 6.07 Å². The summed E-state index contributed by atoms with van der Waals surface area (Å²) in [5, 5.41) is 8.93. The monoisotopic (exact) mass is 282 g/mol. The van der Waals surface area contributed by atoms with E-state index < -0.39 is 11.9 Å². The summed E-state index contributed by atoms with van der Waals surface area (Å²) in [5.74, 6) is -1.51. The van der Waals surface area contributed by atoms with E-state index in [1.807, 2.05) is 6.07 Å². The van der Waals surface area contributed by atoms with Gasteiger partial charge in [0.25, 0.3) is 0 Å². The molecule has 0 spiro atoms. The summed E-state index contributed by atoms with van der Waals surface area (Å²) >= 11 is 3.31. The second kappa shape index (κ2) is 5.61. The van der Waals surface area contributed by atoms with Crippen LogP contribution in [0.3, 0.4) is 0 Å². The number of rotatable bonds is 3. The molecule has 1 heterocycles. The zero-order chi connectivity index (χ0) is 12.1. The van der Waals surface area contributed by atoms with Crippen LogP contribution in [0, 0.1) is 18.3 Å². The summed E-state index contributed by atoms with van der Waals surface area (Å²) in [7, 11) is 0. The summed E-state index contributed by atoms with van der Waals surface area (Å²) in [6.07, 6.45) is 0. The lowest BCUT2D eigenvalue weighted by atomic mass is 10.1. The Morgan fingerprint density at radius 2 is 2.38 bits per heavy atom. The van der Waals surface area contributed by atoms with E-state index in [4.69, 9.17) is 10.00 Å². The van der Waals surface area contributed by atoms with Gasteiger partial charge >= 0.3 is 5.97 Å². The number of pyridine rings is 1. The predicted octanol–water partition coefficient (Wildman–Crippen LogP) is 2.32. The average molecular weight is 283 g/mol. The summed E-state index contributed by atoms with van der Waals surface area (Å²) < 4.78 is 5.65. The van der Waals surface area contributed by atoms with Crippen LogP contribution >= 0.6 is 15.9 Å². The molecule has 1 aromatic heterocycles. The summed E-state index contributed by atoms with van der Waals surface area (Å²) in [5.41, 5.74) is 1.16. The predicted molar refractivity (Wildman–Crippen MR) is 61.7 cm³/mol. The highest BCUT2D eigenvalue weighted by Crippen LogP contribution is 2.19. The van der Waals surface area contributed by atoms with E-state index >= 15 is 0 Å². The third kappa shape index (κ3) is 2.80. The molecule has 0 N–H and O–H groups in total. The van der Waals surface area contributed by atoms with Crippen LogP contribution in [0.5, 0.6) is 0 Å². The normalized spacial score (nSPS) is 11.6. The van der Waals surface area contributed by atoms with Gasteiger partial charge in [-0.2, -0.15) is 5.26 Å². The summed E-state index contributed by atoms with van der Waals surface area (Å²) in [6.45, 7) is 3.76. The largest absolute Gasteiger partial charge is 0.465 e. The van der Waals surface area contributed by atoms with Crippen LogP contribution in [-0.4, -0.2) is 17.6 Å². The van der Waals surface area contributed by atoms with Gasteiger partial charge in [0.1, 0.15) is 0 Å². The molecular formula is C11H11BrN2O2. The van der Waals surface area contributed by atoms with E-state index in [1.165, 1.54) is 0 Å². The molecule has 1 aromatic rings. The Morgan fingerprint density at radius 3 is 2.88 bits per heavy atom. The van der Waals surface area contributed by atoms with Gasteiger partial charge in [0.15, 0.2) is 5.92 Å². The van der Waals surface area contributed by atoms with Gasteiger partial charge in [0, 0.05) is 4.47 Å². The molecule has 0 aliphatic carbocycles. The van der Waals surface area contributed by atoms with E-state index in [2.05, 4.69) is 20.9 Å². The van der Waals surface area contributed by atoms with Crippen molar-refractivity contribution < 1.29 is 9.53 Å². The molecule has 0 fully saturated rings. The number of aryl methyl sites for hydroxylation is 1. The lowest BCUT2D eigenvalue weighted by Gasteiger charge is -2.08. The molecule has 84 valence electrons. The second-order valence-corrected chi connectivity index (χ2v) is 3.97. The zero-order valence-corrected chi connectivity index (χ0v) is 10.6. The first-order valence-corrected chi connectivity index (χ1v) is 5.58. The van der Waals surface area contributed by atoms with Gasteiger partial charge in [-0.15, -0.1) is 0 Å². The molecule has 0 aromatic carbocycles. The minimum atomic E-state index is -0.952. The number of carbonyl (C=O) groups is 1. The Morgan fingerprint density at radius 1 is 1.69 bits per heavy atom. The van der Waals surface area contributed by atoms with Gasteiger partial charge in [-0.05, 0) is 41.9 Å². The van der Waals surface area contributed by atoms with Crippen molar-refractivity contribution in [1.29, 1.82) is 5.26 Å². The second-order valence-electron chi connectivity index (χ2n) is 3.12. The molecule has 0 bridgehead atoms. The van der Waals surface area contributed by atoms with E-state index in [0.29, 0.717) is 5.69 Å². The molecular weight excluding hydrogens is 272 g/mol. The van der Waals surface area contributed by atoms with Crippen LogP contribution in [0.2, 0.25) is 0 Å². The molecule has 0 saturated heterocycles. The molecule has 0 saturated carbocycles. The average Bonchev–Trinajstić information content (AvgIpc) is 2.25. The topological polar surface area (TPSA) is 63.0 Å². The molecule has 0 amide bonds. The van der Waals surface area contributed by atoms with Gasteiger partial charge in [0.2, 0.25) is 0 Å². The Balaban J connectivity index is 3.01. The third-order valence-corrected chi connectivity index (χ3v) is 2.83. The van der Waals surface area contributed by atoms with Crippen molar-refractivity contribution in [2.45, 2.75) is 19.8 Å². The fourth-order valence-electron chi connectivity index (χ4n) is 1.19. The standard InChI is InChI=1S/C11H11BrN2O2/c1-3-16-11(15)8(6-13)10-5-4-9(12)7(2)14-10/h4-5,8H,3H2,1-2H3. The number of hydrogen-bond acceptors (Lipinski definition) is 4. The highest BCUT2D eigenvalue weighted by Gasteiger charge is 2.23. The van der Waals surface area contributed by atoms with Crippen molar-refractivity contribution in [3.05, 3.63) is 28.0 Å².